The zero-order valence-electron chi connectivity index (χ0n) is 14.6. The van der Waals surface area contributed by atoms with Crippen LogP contribution >= 0.6 is 15.9 Å². The van der Waals surface area contributed by atoms with Crippen LogP contribution in [0.3, 0.4) is 0 Å². The van der Waals surface area contributed by atoms with Gasteiger partial charge in [-0.3, -0.25) is 4.68 Å². The third-order valence-electron chi connectivity index (χ3n) is 4.08. The second-order valence-electron chi connectivity index (χ2n) is 6.65. The fourth-order valence-electron chi connectivity index (χ4n) is 2.88. The molecule has 1 heterocycles. The Morgan fingerprint density at radius 2 is 1.95 bits per heavy atom. The van der Waals surface area contributed by atoms with Crippen molar-refractivity contribution in [1.29, 1.82) is 0 Å². The highest BCUT2D eigenvalue weighted by Gasteiger charge is 2.28. The average Bonchev–Trinajstić information content (AvgIpc) is 2.73. The average molecular weight is 358 g/mol. The highest BCUT2D eigenvalue weighted by Crippen LogP contribution is 2.32. The molecule has 4 heteroatoms. The lowest BCUT2D eigenvalue weighted by Crippen LogP contribution is -2.37. The van der Waals surface area contributed by atoms with E-state index in [2.05, 4.69) is 67.5 Å². The predicted octanol–water partition coefficient (Wildman–Crippen LogP) is 4.57. The first-order valence-corrected chi connectivity index (χ1v) is 9.13. The van der Waals surface area contributed by atoms with Crippen LogP contribution < -0.4 is 5.32 Å². The Morgan fingerprint density at radius 1 is 1.29 bits per heavy atom. The molecule has 1 unspecified atom stereocenters. The fourth-order valence-corrected chi connectivity index (χ4v) is 3.59. The van der Waals surface area contributed by atoms with E-state index in [1.54, 1.807) is 0 Å². The molecule has 0 spiro atoms. The van der Waals surface area contributed by atoms with Gasteiger partial charge >= 0.3 is 0 Å². The molecule has 0 bridgehead atoms. The van der Waals surface area contributed by atoms with E-state index in [0.29, 0.717) is 6.04 Å². The zero-order chi connectivity index (χ0) is 16.0. The molecule has 3 nitrogen and oxygen atoms in total. The number of nitrogens with one attached hydrogen (secondary N) is 1. The number of aromatic nitrogens is 2. The van der Waals surface area contributed by atoms with Crippen LogP contribution in [0.5, 0.6) is 0 Å². The van der Waals surface area contributed by atoms with Crippen LogP contribution in [0.2, 0.25) is 0 Å². The van der Waals surface area contributed by atoms with Crippen molar-refractivity contribution in [2.45, 2.75) is 79.8 Å². The molecule has 0 saturated heterocycles. The first-order chi connectivity index (χ1) is 9.86. The molecule has 1 aromatic rings. The molecule has 0 amide bonds. The van der Waals surface area contributed by atoms with E-state index in [-0.39, 0.29) is 5.41 Å². The molecule has 21 heavy (non-hydrogen) atoms. The third-order valence-corrected chi connectivity index (χ3v) is 4.99. The van der Waals surface area contributed by atoms with E-state index in [1.165, 1.54) is 28.7 Å². The Balaban J connectivity index is 3.00. The molecule has 0 aliphatic carbocycles. The molecule has 0 fully saturated rings. The van der Waals surface area contributed by atoms with Gasteiger partial charge in [-0.05, 0) is 47.5 Å². The van der Waals surface area contributed by atoms with Gasteiger partial charge in [0.15, 0.2) is 0 Å². The molecule has 122 valence electrons. The Hall–Kier alpha value is -0.350. The molecular weight excluding hydrogens is 326 g/mol. The molecule has 1 rings (SSSR count). The van der Waals surface area contributed by atoms with Crippen LogP contribution in [0.25, 0.3) is 0 Å². The monoisotopic (exact) mass is 357 g/mol. The van der Waals surface area contributed by atoms with E-state index in [0.717, 1.165) is 25.9 Å². The number of aryl methyl sites for hydroxylation is 2. The van der Waals surface area contributed by atoms with Crippen molar-refractivity contribution < 1.29 is 0 Å². The molecule has 0 aliphatic heterocycles. The van der Waals surface area contributed by atoms with E-state index in [1.807, 2.05) is 0 Å². The minimum atomic E-state index is 0.277. The van der Waals surface area contributed by atoms with E-state index in [4.69, 9.17) is 5.10 Å². The Kier molecular flexibility index (Phi) is 7.41. The Morgan fingerprint density at radius 3 is 2.43 bits per heavy atom. The van der Waals surface area contributed by atoms with E-state index >= 15 is 0 Å². The first kappa shape index (κ1) is 18.7. The molecule has 0 aromatic carbocycles. The summed E-state index contributed by atoms with van der Waals surface area (Å²) in [7, 11) is 0. The van der Waals surface area contributed by atoms with Crippen molar-refractivity contribution in [1.82, 2.24) is 15.1 Å². The van der Waals surface area contributed by atoms with Gasteiger partial charge in [-0.15, -0.1) is 0 Å². The second kappa shape index (κ2) is 8.33. The van der Waals surface area contributed by atoms with Crippen LogP contribution in [0.15, 0.2) is 4.47 Å². The highest BCUT2D eigenvalue weighted by molar-refractivity contribution is 9.10. The van der Waals surface area contributed by atoms with Crippen LogP contribution in [0.4, 0.5) is 0 Å². The van der Waals surface area contributed by atoms with Gasteiger partial charge in [0, 0.05) is 19.1 Å². The van der Waals surface area contributed by atoms with Crippen LogP contribution in [-0.2, 0) is 19.4 Å². The fraction of sp³-hybridized carbons (Fsp3) is 0.824. The summed E-state index contributed by atoms with van der Waals surface area (Å²) in [6.07, 6.45) is 4.50. The van der Waals surface area contributed by atoms with Crippen molar-refractivity contribution in [2.75, 3.05) is 6.54 Å². The quantitative estimate of drug-likeness (QED) is 0.701. The maximum absolute atomic E-state index is 4.74. The zero-order valence-corrected chi connectivity index (χ0v) is 16.2. The SMILES string of the molecule is CCCC(C)(CNC(C)C)Cc1c(Br)c(CC)nn1CC. The van der Waals surface area contributed by atoms with Crippen LogP contribution in [-0.4, -0.2) is 22.4 Å². The summed E-state index contributed by atoms with van der Waals surface area (Å²) in [4.78, 5) is 0. The summed E-state index contributed by atoms with van der Waals surface area (Å²) in [6.45, 7) is 15.4. The first-order valence-electron chi connectivity index (χ1n) is 8.34. The van der Waals surface area contributed by atoms with Gasteiger partial charge in [0.05, 0.1) is 15.9 Å². The molecule has 0 saturated carbocycles. The minimum absolute atomic E-state index is 0.277. The topological polar surface area (TPSA) is 29.9 Å². The number of rotatable bonds is 9. The molecule has 0 radical (unpaired) electrons. The molecular formula is C17H32BrN3. The third kappa shape index (κ3) is 5.10. The lowest BCUT2D eigenvalue weighted by Gasteiger charge is -2.31. The van der Waals surface area contributed by atoms with Gasteiger partial charge in [0.2, 0.25) is 0 Å². The van der Waals surface area contributed by atoms with E-state index in [9.17, 15) is 0 Å². The minimum Gasteiger partial charge on any atom is -0.314 e. The highest BCUT2D eigenvalue weighted by atomic mass is 79.9. The van der Waals surface area contributed by atoms with Crippen molar-refractivity contribution in [2.24, 2.45) is 5.41 Å². The number of halogens is 1. The molecule has 1 N–H and O–H groups in total. The van der Waals surface area contributed by atoms with Gasteiger partial charge < -0.3 is 5.32 Å². The van der Waals surface area contributed by atoms with Gasteiger partial charge in [-0.2, -0.15) is 5.10 Å². The molecule has 1 aromatic heterocycles. The number of hydrogen-bond acceptors (Lipinski definition) is 2. The van der Waals surface area contributed by atoms with Crippen molar-refractivity contribution in [3.8, 4) is 0 Å². The Labute approximate surface area is 139 Å². The van der Waals surface area contributed by atoms with Crippen molar-refractivity contribution in [3.63, 3.8) is 0 Å². The standard InChI is InChI=1S/C17H32BrN3/c1-7-10-17(6,12-19-13(4)5)11-15-16(18)14(8-2)20-21(15)9-3/h13,19H,7-12H2,1-6H3. The maximum Gasteiger partial charge on any atom is 0.0766 e. The van der Waals surface area contributed by atoms with Crippen molar-refractivity contribution in [3.05, 3.63) is 15.9 Å². The lowest BCUT2D eigenvalue weighted by molar-refractivity contribution is 0.260. The number of hydrogen-bond donors (Lipinski definition) is 1. The summed E-state index contributed by atoms with van der Waals surface area (Å²) in [5.74, 6) is 0. The normalized spacial score (nSPS) is 14.7. The summed E-state index contributed by atoms with van der Waals surface area (Å²) in [6, 6.07) is 0.534. The lowest BCUT2D eigenvalue weighted by atomic mass is 9.80. The van der Waals surface area contributed by atoms with Crippen LogP contribution in [0.1, 0.15) is 65.8 Å². The summed E-state index contributed by atoms with van der Waals surface area (Å²) in [5.41, 5.74) is 2.82. The van der Waals surface area contributed by atoms with Crippen LogP contribution in [0, 0.1) is 5.41 Å². The molecule has 0 aliphatic rings. The summed E-state index contributed by atoms with van der Waals surface area (Å²) < 4.78 is 3.39. The number of nitrogens with zero attached hydrogens (tertiary/aromatic N) is 2. The van der Waals surface area contributed by atoms with Gasteiger partial charge in [-0.25, -0.2) is 0 Å². The largest absolute Gasteiger partial charge is 0.314 e. The van der Waals surface area contributed by atoms with Gasteiger partial charge in [0.1, 0.15) is 0 Å². The summed E-state index contributed by atoms with van der Waals surface area (Å²) >= 11 is 3.78. The maximum atomic E-state index is 4.74. The van der Waals surface area contributed by atoms with Crippen molar-refractivity contribution >= 4 is 15.9 Å². The summed E-state index contributed by atoms with van der Waals surface area (Å²) in [5, 5.41) is 8.36. The second-order valence-corrected chi connectivity index (χ2v) is 7.44. The molecule has 1 atom stereocenters. The van der Waals surface area contributed by atoms with E-state index < -0.39 is 0 Å². The van der Waals surface area contributed by atoms with Gasteiger partial charge in [0.25, 0.3) is 0 Å². The smallest absolute Gasteiger partial charge is 0.0766 e. The Bertz CT molecular complexity index is 439. The predicted molar refractivity (Wildman–Crippen MR) is 94.8 cm³/mol. The van der Waals surface area contributed by atoms with Gasteiger partial charge in [-0.1, -0.05) is 41.0 Å².